The van der Waals surface area contributed by atoms with Gasteiger partial charge in [0.15, 0.2) is 11.6 Å². The van der Waals surface area contributed by atoms with Crippen LogP contribution in [0.1, 0.15) is 66.6 Å². The average molecular weight is 459 g/mol. The average Bonchev–Trinajstić information content (AvgIpc) is 3.22. The molecule has 0 aromatic heterocycles. The third kappa shape index (κ3) is 4.52. The number of rotatable bonds is 4. The second-order valence-corrected chi connectivity index (χ2v) is 9.33. The topological polar surface area (TPSA) is 77.5 Å². The lowest BCUT2D eigenvalue weighted by Gasteiger charge is -2.33. The van der Waals surface area contributed by atoms with Crippen molar-refractivity contribution in [2.75, 3.05) is 6.61 Å². The molecule has 0 amide bonds. The molecule has 1 unspecified atom stereocenters. The van der Waals surface area contributed by atoms with Gasteiger partial charge in [-0.05, 0) is 73.8 Å². The van der Waals surface area contributed by atoms with Gasteiger partial charge in [0.2, 0.25) is 0 Å². The second kappa shape index (κ2) is 9.88. The van der Waals surface area contributed by atoms with Gasteiger partial charge in [-0.15, -0.1) is 0 Å². The summed E-state index contributed by atoms with van der Waals surface area (Å²) in [5.74, 6) is -0.215. The van der Waals surface area contributed by atoms with E-state index in [4.69, 9.17) is 4.74 Å². The number of ketones is 3. The molecule has 34 heavy (non-hydrogen) atoms. The summed E-state index contributed by atoms with van der Waals surface area (Å²) in [5, 5.41) is 0. The fraction of sp³-hybridized carbons (Fsp3) is 0.379. The number of allylic oxidation sites excluding steroid dienone is 2. The molecule has 5 heteroatoms. The minimum Gasteiger partial charge on any atom is -0.465 e. The maximum atomic E-state index is 12.7. The van der Waals surface area contributed by atoms with Crippen molar-refractivity contribution in [3.05, 3.63) is 76.9 Å². The van der Waals surface area contributed by atoms with Gasteiger partial charge in [0, 0.05) is 18.4 Å². The zero-order valence-electron chi connectivity index (χ0n) is 19.8. The van der Waals surface area contributed by atoms with Gasteiger partial charge in [0.25, 0.3) is 0 Å². The molecule has 5 nitrogen and oxygen atoms in total. The Hall–Kier alpha value is -3.34. The highest BCUT2D eigenvalue weighted by Gasteiger charge is 2.50. The Morgan fingerprint density at radius 1 is 0.971 bits per heavy atom. The third-order valence-electron chi connectivity index (χ3n) is 7.03. The Kier molecular flexibility index (Phi) is 6.92. The summed E-state index contributed by atoms with van der Waals surface area (Å²) in [4.78, 5) is 47.9. The van der Waals surface area contributed by atoms with Crippen molar-refractivity contribution in [1.29, 1.82) is 0 Å². The van der Waals surface area contributed by atoms with Gasteiger partial charge in [-0.25, -0.2) is 0 Å². The quantitative estimate of drug-likeness (QED) is 0.479. The molecule has 0 N–H and O–H groups in total. The summed E-state index contributed by atoms with van der Waals surface area (Å²) in [7, 11) is 0. The van der Waals surface area contributed by atoms with Gasteiger partial charge < -0.3 is 4.74 Å². The molecule has 0 aliphatic heterocycles. The van der Waals surface area contributed by atoms with Gasteiger partial charge in [0.05, 0.1) is 6.61 Å². The first-order chi connectivity index (χ1) is 16.4. The fourth-order valence-electron chi connectivity index (χ4n) is 5.42. The van der Waals surface area contributed by atoms with Crippen LogP contribution in [0.15, 0.2) is 54.6 Å². The minimum atomic E-state index is -1.34. The molecule has 2 aromatic rings. The van der Waals surface area contributed by atoms with E-state index >= 15 is 0 Å². The lowest BCUT2D eigenvalue weighted by atomic mass is 9.68. The molecule has 0 spiro atoms. The maximum Gasteiger partial charge on any atom is 0.320 e. The largest absolute Gasteiger partial charge is 0.465 e. The van der Waals surface area contributed by atoms with E-state index in [-0.39, 0.29) is 24.6 Å². The zero-order valence-corrected chi connectivity index (χ0v) is 19.8. The van der Waals surface area contributed by atoms with Crippen LogP contribution in [0.5, 0.6) is 0 Å². The second-order valence-electron chi connectivity index (χ2n) is 9.33. The molecule has 0 saturated heterocycles. The van der Waals surface area contributed by atoms with Crippen LogP contribution in [-0.4, -0.2) is 29.9 Å². The number of carbonyl (C=O) groups excluding carboxylic acids is 4. The monoisotopic (exact) mass is 458 g/mol. The minimum absolute atomic E-state index is 0.0843. The maximum absolute atomic E-state index is 12.7. The predicted molar refractivity (Wildman–Crippen MR) is 129 cm³/mol. The van der Waals surface area contributed by atoms with Crippen LogP contribution in [0.2, 0.25) is 0 Å². The highest BCUT2D eigenvalue weighted by atomic mass is 16.5. The third-order valence-corrected chi connectivity index (χ3v) is 7.03. The van der Waals surface area contributed by atoms with Gasteiger partial charge in [-0.3, -0.25) is 19.2 Å². The fourth-order valence-corrected chi connectivity index (χ4v) is 5.42. The first-order valence-electron chi connectivity index (χ1n) is 12.0. The molecular weight excluding hydrogens is 428 g/mol. The molecule has 2 aromatic carbocycles. The molecule has 0 saturated carbocycles. The van der Waals surface area contributed by atoms with Crippen LogP contribution in [0.25, 0.3) is 5.57 Å². The number of hydrogen-bond donors (Lipinski definition) is 0. The van der Waals surface area contributed by atoms with E-state index in [0.717, 1.165) is 24.8 Å². The van der Waals surface area contributed by atoms with Crippen LogP contribution in [0.3, 0.4) is 0 Å². The van der Waals surface area contributed by atoms with Crippen LogP contribution in [-0.2, 0) is 32.0 Å². The van der Waals surface area contributed by atoms with Crippen LogP contribution >= 0.6 is 0 Å². The SMILES string of the molecule is CCOC(=O)[C@@]1(CC(C)=O)CCc2ccccc2C1=O.O=C1C=C2c3ccccc3CCC2C1. The summed E-state index contributed by atoms with van der Waals surface area (Å²) < 4.78 is 5.06. The van der Waals surface area contributed by atoms with Crippen molar-refractivity contribution in [3.63, 3.8) is 0 Å². The summed E-state index contributed by atoms with van der Waals surface area (Å²) in [6, 6.07) is 15.7. The molecular formula is C29H30O5. The zero-order chi connectivity index (χ0) is 24.3. The van der Waals surface area contributed by atoms with Gasteiger partial charge in [-0.2, -0.15) is 0 Å². The lowest BCUT2D eigenvalue weighted by Crippen LogP contribution is -2.45. The van der Waals surface area contributed by atoms with Crippen molar-refractivity contribution in [2.45, 2.75) is 52.4 Å². The highest BCUT2D eigenvalue weighted by Crippen LogP contribution is 2.41. The number of hydrogen-bond acceptors (Lipinski definition) is 5. The summed E-state index contributed by atoms with van der Waals surface area (Å²) in [6.45, 7) is 3.29. The molecule has 0 bridgehead atoms. The number of carbonyl (C=O) groups is 4. The first kappa shape index (κ1) is 23.8. The molecule has 2 atom stereocenters. The lowest BCUT2D eigenvalue weighted by molar-refractivity contribution is -0.154. The Bertz CT molecular complexity index is 1170. The smallest absolute Gasteiger partial charge is 0.320 e. The van der Waals surface area contributed by atoms with Gasteiger partial charge in [0.1, 0.15) is 11.2 Å². The summed E-state index contributed by atoms with van der Waals surface area (Å²) in [5.41, 5.74) is 4.14. The number of benzene rings is 2. The van der Waals surface area contributed by atoms with Crippen LogP contribution < -0.4 is 0 Å². The van der Waals surface area contributed by atoms with E-state index in [2.05, 4.69) is 24.3 Å². The van der Waals surface area contributed by atoms with Crippen LogP contribution in [0, 0.1) is 11.3 Å². The Morgan fingerprint density at radius 3 is 2.29 bits per heavy atom. The van der Waals surface area contributed by atoms with Crippen LogP contribution in [0.4, 0.5) is 0 Å². The number of ether oxygens (including phenoxy) is 1. The number of esters is 1. The van der Waals surface area contributed by atoms with Crippen molar-refractivity contribution >= 4 is 28.9 Å². The van der Waals surface area contributed by atoms with Crippen molar-refractivity contribution < 1.29 is 23.9 Å². The Morgan fingerprint density at radius 2 is 1.62 bits per heavy atom. The Labute approximate surface area is 200 Å². The molecule has 0 radical (unpaired) electrons. The highest BCUT2D eigenvalue weighted by molar-refractivity contribution is 6.15. The summed E-state index contributed by atoms with van der Waals surface area (Å²) in [6.07, 6.45) is 5.72. The number of aryl methyl sites for hydroxylation is 2. The number of fused-ring (bicyclic) bond motifs is 4. The molecule has 176 valence electrons. The van der Waals surface area contributed by atoms with E-state index in [0.29, 0.717) is 30.1 Å². The van der Waals surface area contributed by atoms with E-state index in [1.807, 2.05) is 18.2 Å². The molecule has 0 fully saturated rings. The van der Waals surface area contributed by atoms with Crippen molar-refractivity contribution in [2.24, 2.45) is 11.3 Å². The predicted octanol–water partition coefficient (Wildman–Crippen LogP) is 4.95. The van der Waals surface area contributed by atoms with Crippen molar-refractivity contribution in [3.8, 4) is 0 Å². The van der Waals surface area contributed by atoms with Gasteiger partial charge >= 0.3 is 5.97 Å². The van der Waals surface area contributed by atoms with Gasteiger partial charge in [-0.1, -0.05) is 48.5 Å². The van der Waals surface area contributed by atoms with E-state index < -0.39 is 11.4 Å². The Balaban J connectivity index is 0.000000170. The molecule has 5 rings (SSSR count). The standard InChI is InChI=1S/C16H18O4.C13H12O/c1-3-20-15(19)16(10-11(2)17)9-8-12-6-4-5-7-13(12)14(16)18;14-11-7-10-6-5-9-3-1-2-4-12(9)13(10)8-11/h4-7H,3,8-10H2,1-2H3;1-4,8,10H,5-7H2/t16-;/m1./s1. The van der Waals surface area contributed by atoms with E-state index in [9.17, 15) is 19.2 Å². The normalized spacial score (nSPS) is 22.4. The molecule has 3 aliphatic rings. The molecule has 3 aliphatic carbocycles. The number of Topliss-reactive ketones (excluding diaryl/α,β-unsaturated/α-hetero) is 2. The van der Waals surface area contributed by atoms with E-state index in [1.54, 1.807) is 19.1 Å². The first-order valence-corrected chi connectivity index (χ1v) is 12.0. The summed E-state index contributed by atoms with van der Waals surface area (Å²) >= 11 is 0. The molecule has 0 heterocycles. The van der Waals surface area contributed by atoms with Crippen molar-refractivity contribution in [1.82, 2.24) is 0 Å². The van der Waals surface area contributed by atoms with E-state index in [1.165, 1.54) is 23.6 Å².